The first-order chi connectivity index (χ1) is 22.4. The summed E-state index contributed by atoms with van der Waals surface area (Å²) in [6, 6.07) is 11.8. The number of H-pyrrole nitrogens is 1. The van der Waals surface area contributed by atoms with Crippen molar-refractivity contribution in [2.45, 2.75) is 71.5 Å². The summed E-state index contributed by atoms with van der Waals surface area (Å²) in [5, 5.41) is 8.97. The van der Waals surface area contributed by atoms with E-state index in [-0.39, 0.29) is 29.8 Å². The minimum Gasteiger partial charge on any atom is -0.464 e. The molecule has 11 nitrogen and oxygen atoms in total. The van der Waals surface area contributed by atoms with Crippen molar-refractivity contribution in [3.05, 3.63) is 87.6 Å². The van der Waals surface area contributed by atoms with Crippen LogP contribution in [0.5, 0.6) is 11.5 Å². The van der Waals surface area contributed by atoms with Gasteiger partial charge in [-0.25, -0.2) is 9.49 Å². The topological polar surface area (TPSA) is 134 Å². The summed E-state index contributed by atoms with van der Waals surface area (Å²) < 4.78 is 25.8. The van der Waals surface area contributed by atoms with Crippen molar-refractivity contribution in [2.24, 2.45) is 5.41 Å². The predicted octanol–water partition coefficient (Wildman–Crippen LogP) is 4.77. The molecule has 4 rings (SSSR count). The van der Waals surface area contributed by atoms with Crippen LogP contribution in [0.2, 0.25) is 0 Å². The SMILES string of the molecule is CCC(CC)(C(=O)OCCN(C)C)[C@H]1CC[C@@H](c2cccc(F)c2)N1C(=O)[C@@H](C)NC(=O)c1ccc(Oc2cc(C)n[nH]c2=O)cc1. The second kappa shape index (κ2) is 15.3. The Kier molecular flexibility index (Phi) is 11.5. The molecule has 0 bridgehead atoms. The van der Waals surface area contributed by atoms with Crippen molar-refractivity contribution >= 4 is 17.8 Å². The van der Waals surface area contributed by atoms with Gasteiger partial charge >= 0.3 is 11.5 Å². The zero-order valence-corrected chi connectivity index (χ0v) is 27.8. The number of carbonyl (C=O) groups excluding carboxylic acids is 3. The molecule has 12 heteroatoms. The van der Waals surface area contributed by atoms with E-state index < -0.39 is 40.8 Å². The van der Waals surface area contributed by atoms with Gasteiger partial charge < -0.3 is 24.6 Å². The molecule has 0 radical (unpaired) electrons. The maximum absolute atomic E-state index is 14.4. The first-order valence-electron chi connectivity index (χ1n) is 15.9. The molecule has 2 amide bonds. The third-order valence-corrected chi connectivity index (χ3v) is 8.91. The summed E-state index contributed by atoms with van der Waals surface area (Å²) in [4.78, 5) is 57.0. The number of esters is 1. The average molecular weight is 650 g/mol. The van der Waals surface area contributed by atoms with Gasteiger partial charge in [0.1, 0.15) is 24.2 Å². The highest BCUT2D eigenvalue weighted by molar-refractivity contribution is 5.97. The Bertz CT molecular complexity index is 1620. The van der Waals surface area contributed by atoms with Crippen molar-refractivity contribution in [3.8, 4) is 11.5 Å². The van der Waals surface area contributed by atoms with Gasteiger partial charge in [0, 0.05) is 24.2 Å². The molecule has 1 aromatic heterocycles. The molecule has 0 aliphatic carbocycles. The Labute approximate surface area is 274 Å². The molecular weight excluding hydrogens is 605 g/mol. The van der Waals surface area contributed by atoms with Gasteiger partial charge in [0.05, 0.1) is 17.2 Å². The van der Waals surface area contributed by atoms with Crippen molar-refractivity contribution in [2.75, 3.05) is 27.2 Å². The summed E-state index contributed by atoms with van der Waals surface area (Å²) in [7, 11) is 3.79. The molecule has 0 spiro atoms. The van der Waals surface area contributed by atoms with Crippen LogP contribution >= 0.6 is 0 Å². The number of likely N-dealkylation sites (N-methyl/N-ethyl adjacent to an activating group) is 1. The summed E-state index contributed by atoms with van der Waals surface area (Å²) in [6.07, 6.45) is 1.91. The van der Waals surface area contributed by atoms with Crippen LogP contribution in [-0.4, -0.2) is 77.1 Å². The van der Waals surface area contributed by atoms with E-state index >= 15 is 0 Å². The summed E-state index contributed by atoms with van der Waals surface area (Å²) in [5.41, 5.74) is 0.000220. The fourth-order valence-corrected chi connectivity index (χ4v) is 6.24. The molecule has 3 aromatic rings. The fraction of sp³-hybridized carbons (Fsp3) is 0.457. The fourth-order valence-electron chi connectivity index (χ4n) is 6.24. The van der Waals surface area contributed by atoms with E-state index in [0.29, 0.717) is 49.2 Å². The number of aromatic amines is 1. The van der Waals surface area contributed by atoms with Crippen LogP contribution in [0, 0.1) is 18.2 Å². The van der Waals surface area contributed by atoms with Crippen LogP contribution in [0.1, 0.15) is 74.1 Å². The van der Waals surface area contributed by atoms with Crippen molar-refractivity contribution in [1.29, 1.82) is 0 Å². The van der Waals surface area contributed by atoms with Gasteiger partial charge in [-0.1, -0.05) is 26.0 Å². The Hall–Kier alpha value is -4.58. The maximum atomic E-state index is 14.4. The maximum Gasteiger partial charge on any atom is 0.314 e. The summed E-state index contributed by atoms with van der Waals surface area (Å²) in [6.45, 7) is 7.93. The Morgan fingerprint density at radius 3 is 2.45 bits per heavy atom. The van der Waals surface area contributed by atoms with Gasteiger partial charge in [0.2, 0.25) is 5.91 Å². The van der Waals surface area contributed by atoms with E-state index in [1.807, 2.05) is 32.8 Å². The van der Waals surface area contributed by atoms with Gasteiger partial charge in [-0.2, -0.15) is 5.10 Å². The molecule has 1 fully saturated rings. The zero-order chi connectivity index (χ0) is 34.3. The van der Waals surface area contributed by atoms with Gasteiger partial charge in [-0.15, -0.1) is 0 Å². The molecular formula is C35H44FN5O6. The number of rotatable bonds is 13. The van der Waals surface area contributed by atoms with E-state index in [4.69, 9.17) is 9.47 Å². The Morgan fingerprint density at radius 2 is 1.81 bits per heavy atom. The first-order valence-corrected chi connectivity index (χ1v) is 15.9. The molecule has 1 aliphatic rings. The van der Waals surface area contributed by atoms with Crippen LogP contribution in [0.3, 0.4) is 0 Å². The lowest BCUT2D eigenvalue weighted by Gasteiger charge is -2.43. The van der Waals surface area contributed by atoms with E-state index in [9.17, 15) is 23.6 Å². The predicted molar refractivity (Wildman–Crippen MR) is 175 cm³/mol. The van der Waals surface area contributed by atoms with E-state index in [2.05, 4.69) is 15.5 Å². The molecule has 0 saturated carbocycles. The number of amides is 2. The third kappa shape index (κ3) is 8.05. The number of ether oxygens (including phenoxy) is 2. The van der Waals surface area contributed by atoms with E-state index in [0.717, 1.165) is 0 Å². The highest BCUT2D eigenvalue weighted by Gasteiger charge is 2.53. The van der Waals surface area contributed by atoms with Crippen LogP contribution in [0.25, 0.3) is 0 Å². The number of carbonyl (C=O) groups is 3. The van der Waals surface area contributed by atoms with Crippen molar-refractivity contribution < 1.29 is 28.2 Å². The molecule has 3 atom stereocenters. The Balaban J connectivity index is 1.57. The first kappa shape index (κ1) is 35.3. The molecule has 47 heavy (non-hydrogen) atoms. The molecule has 2 aromatic carbocycles. The van der Waals surface area contributed by atoms with Crippen LogP contribution in [-0.2, 0) is 14.3 Å². The quantitative estimate of drug-likeness (QED) is 0.253. The number of aromatic nitrogens is 2. The third-order valence-electron chi connectivity index (χ3n) is 8.91. The molecule has 1 saturated heterocycles. The number of aryl methyl sites for hydroxylation is 1. The van der Waals surface area contributed by atoms with Gasteiger partial charge in [-0.05, 0) is 95.6 Å². The van der Waals surface area contributed by atoms with Gasteiger partial charge in [-0.3, -0.25) is 19.2 Å². The van der Waals surface area contributed by atoms with Gasteiger partial charge in [0.25, 0.3) is 5.91 Å². The second-order valence-corrected chi connectivity index (χ2v) is 12.2. The molecule has 252 valence electrons. The standard InChI is InChI=1S/C35H44FN5O6/c1-7-35(8-2,34(45)46-19-18-40(5)6)30-17-16-28(25-10-9-11-26(36)21-25)41(30)33(44)23(4)37-31(42)24-12-14-27(15-13-24)47-29-20-22(3)38-39-32(29)43/h9-15,20-21,23,28,30H,7-8,16-19H2,1-6H3,(H,37,42)(H,39,43)/t23-,28+,30-/m1/s1. The number of hydrogen-bond donors (Lipinski definition) is 2. The molecule has 2 N–H and O–H groups in total. The Morgan fingerprint density at radius 1 is 1.11 bits per heavy atom. The highest BCUT2D eigenvalue weighted by Crippen LogP contribution is 2.47. The van der Waals surface area contributed by atoms with Gasteiger partial charge in [0.15, 0.2) is 5.75 Å². The van der Waals surface area contributed by atoms with Crippen molar-refractivity contribution in [3.63, 3.8) is 0 Å². The number of benzene rings is 2. The lowest BCUT2D eigenvalue weighted by Crippen LogP contribution is -2.56. The van der Waals surface area contributed by atoms with Crippen LogP contribution in [0.15, 0.2) is 59.4 Å². The smallest absolute Gasteiger partial charge is 0.314 e. The number of halogens is 1. The number of likely N-dealkylation sites (tertiary alicyclic amines) is 1. The molecule has 2 heterocycles. The highest BCUT2D eigenvalue weighted by atomic mass is 19.1. The average Bonchev–Trinajstić information content (AvgIpc) is 3.49. The number of hydrogen-bond acceptors (Lipinski definition) is 8. The minimum absolute atomic E-state index is 0.0683. The van der Waals surface area contributed by atoms with Crippen LogP contribution in [0.4, 0.5) is 4.39 Å². The molecule has 1 aliphatic heterocycles. The monoisotopic (exact) mass is 649 g/mol. The number of nitrogens with one attached hydrogen (secondary N) is 2. The normalized spacial score (nSPS) is 17.0. The van der Waals surface area contributed by atoms with Crippen LogP contribution < -0.4 is 15.6 Å². The van der Waals surface area contributed by atoms with E-state index in [1.54, 1.807) is 43.0 Å². The second-order valence-electron chi connectivity index (χ2n) is 12.2. The number of nitrogens with zero attached hydrogens (tertiary/aromatic N) is 3. The van der Waals surface area contributed by atoms with Crippen molar-refractivity contribution in [1.82, 2.24) is 25.3 Å². The summed E-state index contributed by atoms with van der Waals surface area (Å²) in [5.74, 6) is -1.25. The van der Waals surface area contributed by atoms with E-state index in [1.165, 1.54) is 30.3 Å². The lowest BCUT2D eigenvalue weighted by molar-refractivity contribution is -0.163. The lowest BCUT2D eigenvalue weighted by atomic mass is 9.74. The molecule has 0 unspecified atom stereocenters. The largest absolute Gasteiger partial charge is 0.464 e. The summed E-state index contributed by atoms with van der Waals surface area (Å²) >= 11 is 0. The minimum atomic E-state index is -0.987. The zero-order valence-electron chi connectivity index (χ0n) is 27.8.